The van der Waals surface area contributed by atoms with Gasteiger partial charge < -0.3 is 10.2 Å². The van der Waals surface area contributed by atoms with Gasteiger partial charge in [0, 0.05) is 49.3 Å². The van der Waals surface area contributed by atoms with Crippen LogP contribution < -0.4 is 5.32 Å². The maximum absolute atomic E-state index is 14.2. The molecule has 1 N–H and O–H groups in total. The molecule has 0 saturated heterocycles. The molecule has 1 aromatic carbocycles. The Balaban J connectivity index is 1.77. The van der Waals surface area contributed by atoms with Crippen LogP contribution in [0.5, 0.6) is 0 Å². The third-order valence-corrected chi connectivity index (χ3v) is 4.13. The monoisotopic (exact) mass is 348 g/mol. The zero-order valence-electron chi connectivity index (χ0n) is 14.7. The van der Waals surface area contributed by atoms with Crippen LogP contribution in [0.4, 0.5) is 4.39 Å². The molecule has 3 rings (SSSR count). The van der Waals surface area contributed by atoms with E-state index in [-0.39, 0.29) is 5.82 Å². The maximum atomic E-state index is 14.2. The van der Waals surface area contributed by atoms with Gasteiger partial charge in [0.1, 0.15) is 17.5 Å². The van der Waals surface area contributed by atoms with Crippen molar-refractivity contribution in [1.82, 2.24) is 15.2 Å². The van der Waals surface area contributed by atoms with E-state index in [1.54, 1.807) is 36.7 Å². The van der Waals surface area contributed by atoms with E-state index in [4.69, 9.17) is 0 Å². The molecule has 2 aromatic rings. The third-order valence-electron chi connectivity index (χ3n) is 4.13. The molecule has 1 aliphatic rings. The number of allylic oxidation sites excluding steroid dienone is 3. The minimum absolute atomic E-state index is 0.294. The second kappa shape index (κ2) is 8.25. The van der Waals surface area contributed by atoms with Crippen LogP contribution >= 0.6 is 0 Å². The van der Waals surface area contributed by atoms with Crippen molar-refractivity contribution >= 4 is 11.8 Å². The van der Waals surface area contributed by atoms with Crippen LogP contribution in [0.15, 0.2) is 84.0 Å². The molecule has 132 valence electrons. The lowest BCUT2D eigenvalue weighted by molar-refractivity contribution is 0.462. The van der Waals surface area contributed by atoms with Gasteiger partial charge in [-0.2, -0.15) is 0 Å². The molecule has 0 unspecified atom stereocenters. The lowest BCUT2D eigenvalue weighted by Gasteiger charge is -2.28. The van der Waals surface area contributed by atoms with Crippen LogP contribution in [0, 0.1) is 5.82 Å². The number of pyridine rings is 1. The summed E-state index contributed by atoms with van der Waals surface area (Å²) in [6.07, 6.45) is 7.84. The van der Waals surface area contributed by atoms with Gasteiger partial charge in [-0.25, -0.2) is 9.38 Å². The molecule has 5 heteroatoms. The van der Waals surface area contributed by atoms with E-state index in [1.807, 2.05) is 36.2 Å². The molecule has 4 nitrogen and oxygen atoms in total. The van der Waals surface area contributed by atoms with Crippen molar-refractivity contribution < 1.29 is 4.39 Å². The molecule has 0 fully saturated rings. The molecule has 0 bridgehead atoms. The molecule has 0 radical (unpaired) electrons. The number of aliphatic imine (C=N–C) groups is 1. The van der Waals surface area contributed by atoms with Crippen molar-refractivity contribution in [3.8, 4) is 0 Å². The van der Waals surface area contributed by atoms with Crippen molar-refractivity contribution in [2.45, 2.75) is 6.42 Å². The van der Waals surface area contributed by atoms with Crippen LogP contribution in [-0.2, 0) is 6.42 Å². The number of hydrogen-bond acceptors (Lipinski definition) is 4. The van der Waals surface area contributed by atoms with Crippen LogP contribution in [0.2, 0.25) is 0 Å². The number of hydrogen-bond donors (Lipinski definition) is 1. The van der Waals surface area contributed by atoms with Gasteiger partial charge in [-0.05, 0) is 24.3 Å². The first kappa shape index (κ1) is 17.6. The van der Waals surface area contributed by atoms with E-state index in [9.17, 15) is 4.39 Å². The quantitative estimate of drug-likeness (QED) is 0.864. The van der Waals surface area contributed by atoms with Gasteiger partial charge in [-0.1, -0.05) is 36.9 Å². The molecule has 2 heterocycles. The molecular weight excluding hydrogens is 327 g/mol. The van der Waals surface area contributed by atoms with Gasteiger partial charge >= 0.3 is 0 Å². The SMILES string of the molecule is C=C/C(=C1/N=CC=C(NCCc2ccccn2)N1C)c1ccccc1F. The maximum Gasteiger partial charge on any atom is 0.141 e. The summed E-state index contributed by atoms with van der Waals surface area (Å²) in [7, 11) is 1.90. The molecule has 0 amide bonds. The summed E-state index contributed by atoms with van der Waals surface area (Å²) in [5.41, 5.74) is 2.16. The summed E-state index contributed by atoms with van der Waals surface area (Å²) in [5, 5.41) is 3.39. The van der Waals surface area contributed by atoms with Crippen molar-refractivity contribution in [1.29, 1.82) is 0 Å². The number of rotatable bonds is 6. The minimum Gasteiger partial charge on any atom is -0.371 e. The first-order valence-corrected chi connectivity index (χ1v) is 8.44. The molecule has 0 spiro atoms. The third kappa shape index (κ3) is 3.88. The molecule has 1 aromatic heterocycles. The molecule has 26 heavy (non-hydrogen) atoms. The predicted molar refractivity (Wildman–Crippen MR) is 104 cm³/mol. The van der Waals surface area contributed by atoms with Crippen molar-refractivity contribution in [3.63, 3.8) is 0 Å². The fourth-order valence-electron chi connectivity index (χ4n) is 2.78. The number of benzene rings is 1. The fraction of sp³-hybridized carbons (Fsp3) is 0.143. The van der Waals surface area contributed by atoms with Gasteiger partial charge in [0.05, 0.1) is 0 Å². The highest BCUT2D eigenvalue weighted by Crippen LogP contribution is 2.27. The second-order valence-corrected chi connectivity index (χ2v) is 5.81. The summed E-state index contributed by atoms with van der Waals surface area (Å²) in [6, 6.07) is 12.5. The zero-order chi connectivity index (χ0) is 18.4. The molecule has 0 atom stereocenters. The zero-order valence-corrected chi connectivity index (χ0v) is 14.7. The predicted octanol–water partition coefficient (Wildman–Crippen LogP) is 3.77. The molecular formula is C21H21FN4. The number of nitrogens with zero attached hydrogens (tertiary/aromatic N) is 3. The second-order valence-electron chi connectivity index (χ2n) is 5.81. The Hall–Kier alpha value is -3.21. The van der Waals surface area contributed by atoms with Gasteiger partial charge in [-0.15, -0.1) is 0 Å². The average molecular weight is 348 g/mol. The van der Waals surface area contributed by atoms with Gasteiger partial charge in [0.25, 0.3) is 0 Å². The van der Waals surface area contributed by atoms with Crippen molar-refractivity contribution in [2.24, 2.45) is 4.99 Å². The van der Waals surface area contributed by atoms with Crippen molar-refractivity contribution in [3.05, 3.63) is 96.1 Å². The highest BCUT2D eigenvalue weighted by molar-refractivity contribution is 5.82. The lowest BCUT2D eigenvalue weighted by Crippen LogP contribution is -2.31. The highest BCUT2D eigenvalue weighted by atomic mass is 19.1. The van der Waals surface area contributed by atoms with E-state index in [1.165, 1.54) is 6.07 Å². The number of nitrogens with one attached hydrogen (secondary N) is 1. The lowest BCUT2D eigenvalue weighted by atomic mass is 10.0. The summed E-state index contributed by atoms with van der Waals surface area (Å²) >= 11 is 0. The standard InChI is InChI=1S/C21H21FN4/c1-3-17(18-9-4-5-10-19(18)22)21-25-15-12-20(26(21)2)24-14-11-16-8-6-7-13-23-16/h3-10,12-13,15,24H,1,11,14H2,2H3/b21-17+. The van der Waals surface area contributed by atoms with Crippen molar-refractivity contribution in [2.75, 3.05) is 13.6 Å². The summed E-state index contributed by atoms with van der Waals surface area (Å²) < 4.78 is 14.2. The van der Waals surface area contributed by atoms with Crippen LogP contribution in [-0.4, -0.2) is 29.7 Å². The number of aromatic nitrogens is 1. The smallest absolute Gasteiger partial charge is 0.141 e. The summed E-state index contributed by atoms with van der Waals surface area (Å²) in [5.74, 6) is 1.24. The largest absolute Gasteiger partial charge is 0.371 e. The van der Waals surface area contributed by atoms with E-state index in [2.05, 4.69) is 21.9 Å². The minimum atomic E-state index is -0.294. The molecule has 0 aliphatic carbocycles. The Labute approximate surface area is 153 Å². The Kier molecular flexibility index (Phi) is 5.59. The highest BCUT2D eigenvalue weighted by Gasteiger charge is 2.18. The number of halogens is 1. The fourth-order valence-corrected chi connectivity index (χ4v) is 2.78. The van der Waals surface area contributed by atoms with E-state index in [0.29, 0.717) is 17.0 Å². The van der Waals surface area contributed by atoms with Crippen LogP contribution in [0.1, 0.15) is 11.3 Å². The summed E-state index contributed by atoms with van der Waals surface area (Å²) in [4.78, 5) is 10.7. The Morgan fingerprint density at radius 1 is 1.23 bits per heavy atom. The first-order valence-electron chi connectivity index (χ1n) is 8.44. The normalized spacial score (nSPS) is 15.5. The van der Waals surface area contributed by atoms with E-state index < -0.39 is 0 Å². The van der Waals surface area contributed by atoms with Gasteiger partial charge in [0.2, 0.25) is 0 Å². The average Bonchev–Trinajstić information content (AvgIpc) is 2.67. The van der Waals surface area contributed by atoms with Gasteiger partial charge in [0.15, 0.2) is 0 Å². The molecule has 1 aliphatic heterocycles. The van der Waals surface area contributed by atoms with E-state index in [0.717, 1.165) is 24.5 Å². The topological polar surface area (TPSA) is 40.5 Å². The first-order chi connectivity index (χ1) is 12.7. The van der Waals surface area contributed by atoms with E-state index >= 15 is 0 Å². The van der Waals surface area contributed by atoms with Gasteiger partial charge in [-0.3, -0.25) is 4.98 Å². The molecule has 0 saturated carbocycles. The van der Waals surface area contributed by atoms with Crippen LogP contribution in [0.25, 0.3) is 5.57 Å². The Bertz CT molecular complexity index is 869. The summed E-state index contributed by atoms with van der Waals surface area (Å²) in [6.45, 7) is 4.58. The Morgan fingerprint density at radius 3 is 2.77 bits per heavy atom. The van der Waals surface area contributed by atoms with Crippen LogP contribution in [0.3, 0.4) is 0 Å². The Morgan fingerprint density at radius 2 is 2.04 bits per heavy atom.